The molecule has 1 fully saturated rings. The van der Waals surface area contributed by atoms with Crippen molar-refractivity contribution < 1.29 is 14.3 Å². The molecule has 1 aromatic carbocycles. The van der Waals surface area contributed by atoms with Gasteiger partial charge in [-0.15, -0.1) is 0 Å². The number of primary amides is 1. The fourth-order valence-corrected chi connectivity index (χ4v) is 3.01. The molecular formula is C14H15ClN2O3. The van der Waals surface area contributed by atoms with Gasteiger partial charge in [-0.05, 0) is 24.1 Å². The van der Waals surface area contributed by atoms with E-state index >= 15 is 0 Å². The molecule has 1 saturated heterocycles. The summed E-state index contributed by atoms with van der Waals surface area (Å²) in [4.78, 5) is 13.3. The fourth-order valence-electron chi connectivity index (χ4n) is 2.77. The number of rotatable bonds is 3. The van der Waals surface area contributed by atoms with Crippen LogP contribution in [-0.2, 0) is 11.3 Å². The lowest BCUT2D eigenvalue weighted by molar-refractivity contribution is -0.122. The minimum absolute atomic E-state index is 0.316. The number of halogens is 1. The van der Waals surface area contributed by atoms with Gasteiger partial charge in [0, 0.05) is 24.0 Å². The van der Waals surface area contributed by atoms with Crippen molar-refractivity contribution in [1.29, 1.82) is 0 Å². The highest BCUT2D eigenvalue weighted by Crippen LogP contribution is 2.32. The maximum absolute atomic E-state index is 11.4. The number of aliphatic hydroxyl groups excluding tert-OH is 1. The minimum atomic E-state index is -0.538. The average Bonchev–Trinajstić information content (AvgIpc) is 2.92. The van der Waals surface area contributed by atoms with E-state index in [4.69, 9.17) is 21.8 Å². The molecule has 0 radical (unpaired) electrons. The molecule has 0 saturated carbocycles. The zero-order chi connectivity index (χ0) is 14.3. The van der Waals surface area contributed by atoms with Crippen LogP contribution in [0.2, 0.25) is 5.22 Å². The number of nitrogens with two attached hydrogens (primary N) is 1. The van der Waals surface area contributed by atoms with E-state index in [0.29, 0.717) is 30.3 Å². The van der Waals surface area contributed by atoms with Crippen molar-refractivity contribution in [1.82, 2.24) is 4.90 Å². The molecule has 1 aromatic heterocycles. The van der Waals surface area contributed by atoms with Crippen LogP contribution >= 0.6 is 11.6 Å². The summed E-state index contributed by atoms with van der Waals surface area (Å²) in [6, 6.07) is 7.08. The van der Waals surface area contributed by atoms with Crippen molar-refractivity contribution in [3.05, 3.63) is 35.0 Å². The Labute approximate surface area is 120 Å². The highest BCUT2D eigenvalue weighted by atomic mass is 35.5. The quantitative estimate of drug-likeness (QED) is 0.899. The third kappa shape index (κ3) is 2.28. The number of likely N-dealkylation sites (tertiary alicyclic amines) is 1. The van der Waals surface area contributed by atoms with E-state index in [1.54, 1.807) is 0 Å². The molecule has 3 N–H and O–H groups in total. The van der Waals surface area contributed by atoms with E-state index in [9.17, 15) is 9.90 Å². The summed E-state index contributed by atoms with van der Waals surface area (Å²) in [5.74, 6) is -0.425. The molecular weight excluding hydrogens is 280 g/mol. The van der Waals surface area contributed by atoms with Crippen molar-refractivity contribution >= 4 is 28.5 Å². The van der Waals surface area contributed by atoms with Crippen molar-refractivity contribution in [3.8, 4) is 0 Å². The Balaban J connectivity index is 1.93. The summed E-state index contributed by atoms with van der Waals surface area (Å²) in [6.45, 7) is 0.837. The van der Waals surface area contributed by atoms with Gasteiger partial charge in [0.2, 0.25) is 5.91 Å². The predicted octanol–water partition coefficient (Wildman–Crippen LogP) is 1.51. The van der Waals surface area contributed by atoms with Crippen LogP contribution in [0.25, 0.3) is 11.0 Å². The van der Waals surface area contributed by atoms with Gasteiger partial charge in [-0.25, -0.2) is 0 Å². The molecule has 20 heavy (non-hydrogen) atoms. The first-order valence-electron chi connectivity index (χ1n) is 6.43. The van der Waals surface area contributed by atoms with Crippen molar-refractivity contribution in [2.24, 2.45) is 5.73 Å². The smallest absolute Gasteiger partial charge is 0.234 e. The third-order valence-corrected chi connectivity index (χ3v) is 4.03. The van der Waals surface area contributed by atoms with Crippen LogP contribution in [0.15, 0.2) is 28.7 Å². The first-order valence-corrected chi connectivity index (χ1v) is 6.81. The van der Waals surface area contributed by atoms with Crippen molar-refractivity contribution in [2.45, 2.75) is 25.1 Å². The van der Waals surface area contributed by atoms with Crippen LogP contribution in [0.1, 0.15) is 12.0 Å². The molecule has 1 aliphatic heterocycles. The number of hydrogen-bond acceptors (Lipinski definition) is 4. The third-order valence-electron chi connectivity index (χ3n) is 3.72. The largest absolute Gasteiger partial charge is 0.444 e. The van der Waals surface area contributed by atoms with Crippen molar-refractivity contribution in [2.75, 3.05) is 6.54 Å². The first kappa shape index (κ1) is 13.4. The Morgan fingerprint density at radius 1 is 1.50 bits per heavy atom. The van der Waals surface area contributed by atoms with Crippen LogP contribution in [0.3, 0.4) is 0 Å². The Kier molecular flexibility index (Phi) is 3.41. The lowest BCUT2D eigenvalue weighted by Gasteiger charge is -2.20. The second-order valence-electron chi connectivity index (χ2n) is 5.09. The number of hydrogen-bond donors (Lipinski definition) is 2. The highest BCUT2D eigenvalue weighted by molar-refractivity contribution is 6.30. The van der Waals surface area contributed by atoms with Crippen LogP contribution in [0.5, 0.6) is 0 Å². The summed E-state index contributed by atoms with van der Waals surface area (Å²) >= 11 is 6.14. The fraction of sp³-hybridized carbons (Fsp3) is 0.357. The van der Waals surface area contributed by atoms with E-state index < -0.39 is 18.1 Å². The summed E-state index contributed by atoms with van der Waals surface area (Å²) in [5, 5.41) is 11.0. The number of benzene rings is 1. The van der Waals surface area contributed by atoms with Crippen molar-refractivity contribution in [3.63, 3.8) is 0 Å². The van der Waals surface area contributed by atoms with E-state index in [1.165, 1.54) is 0 Å². The topological polar surface area (TPSA) is 79.7 Å². The molecule has 0 unspecified atom stereocenters. The number of nitrogens with zero attached hydrogens (tertiary/aromatic N) is 1. The second-order valence-corrected chi connectivity index (χ2v) is 5.43. The van der Waals surface area contributed by atoms with Gasteiger partial charge in [-0.1, -0.05) is 18.2 Å². The number of amides is 1. The minimum Gasteiger partial charge on any atom is -0.444 e. The van der Waals surface area contributed by atoms with Gasteiger partial charge in [0.1, 0.15) is 5.58 Å². The molecule has 2 atom stereocenters. The Hall–Kier alpha value is -1.56. The molecule has 2 heterocycles. The highest BCUT2D eigenvalue weighted by Gasteiger charge is 2.35. The number of carbonyl (C=O) groups excluding carboxylic acids is 1. The number of carbonyl (C=O) groups is 1. The Morgan fingerprint density at radius 2 is 2.25 bits per heavy atom. The van der Waals surface area contributed by atoms with Crippen LogP contribution in [-0.4, -0.2) is 34.6 Å². The van der Waals surface area contributed by atoms with Crippen LogP contribution < -0.4 is 5.73 Å². The monoisotopic (exact) mass is 294 g/mol. The molecule has 106 valence electrons. The van der Waals surface area contributed by atoms with E-state index in [2.05, 4.69) is 0 Å². The summed E-state index contributed by atoms with van der Waals surface area (Å²) < 4.78 is 5.49. The van der Waals surface area contributed by atoms with Gasteiger partial charge >= 0.3 is 0 Å². The maximum Gasteiger partial charge on any atom is 0.234 e. The van der Waals surface area contributed by atoms with Gasteiger partial charge in [0.05, 0.1) is 12.1 Å². The zero-order valence-electron chi connectivity index (χ0n) is 10.8. The summed E-state index contributed by atoms with van der Waals surface area (Å²) in [5.41, 5.74) is 6.91. The molecule has 0 bridgehead atoms. The molecule has 5 nitrogen and oxygen atoms in total. The Bertz CT molecular complexity index is 655. The summed E-state index contributed by atoms with van der Waals surface area (Å²) in [6.07, 6.45) is -0.174. The van der Waals surface area contributed by atoms with Gasteiger partial charge in [-0.3, -0.25) is 9.69 Å². The SMILES string of the molecule is NC(=O)[C@@H]1C[C@@H](O)CN1Cc1c(Cl)oc2ccccc12. The first-order chi connectivity index (χ1) is 9.56. The molecule has 1 amide bonds. The number of furan rings is 1. The lowest BCUT2D eigenvalue weighted by atomic mass is 10.1. The van der Waals surface area contributed by atoms with Gasteiger partial charge < -0.3 is 15.3 Å². The van der Waals surface area contributed by atoms with E-state index in [1.807, 2.05) is 29.2 Å². The second kappa shape index (κ2) is 5.09. The van der Waals surface area contributed by atoms with Gasteiger partial charge in [-0.2, -0.15) is 0 Å². The van der Waals surface area contributed by atoms with Crippen LogP contribution in [0.4, 0.5) is 0 Å². The molecule has 1 aliphatic rings. The normalized spacial score (nSPS) is 23.5. The van der Waals surface area contributed by atoms with E-state index in [0.717, 1.165) is 10.9 Å². The summed E-state index contributed by atoms with van der Waals surface area (Å²) in [7, 11) is 0. The molecule has 6 heteroatoms. The lowest BCUT2D eigenvalue weighted by Crippen LogP contribution is -2.39. The van der Waals surface area contributed by atoms with E-state index in [-0.39, 0.29) is 0 Å². The molecule has 3 rings (SSSR count). The average molecular weight is 295 g/mol. The molecule has 0 aliphatic carbocycles. The number of fused-ring (bicyclic) bond motifs is 1. The molecule has 2 aromatic rings. The van der Waals surface area contributed by atoms with Crippen LogP contribution in [0, 0.1) is 0 Å². The predicted molar refractivity (Wildman–Crippen MR) is 75.2 cm³/mol. The number of aliphatic hydroxyl groups is 1. The van der Waals surface area contributed by atoms with Gasteiger partial charge in [0.15, 0.2) is 5.22 Å². The zero-order valence-corrected chi connectivity index (χ0v) is 11.5. The number of para-hydroxylation sites is 1. The molecule has 0 spiro atoms. The maximum atomic E-state index is 11.4. The standard InChI is InChI=1S/C14H15ClN2O3/c15-13-10(9-3-1-2-4-12(9)20-13)7-17-6-8(18)5-11(17)14(16)19/h1-4,8,11,18H,5-7H2,(H2,16,19)/t8-,11+/m1/s1. The number of β-amino-alcohol motifs (C(OH)–C–C–N with tert-alkyl or cyclic N) is 1. The van der Waals surface area contributed by atoms with Gasteiger partial charge in [0.25, 0.3) is 0 Å². The Morgan fingerprint density at radius 3 is 3.00 bits per heavy atom.